The number of rotatable bonds is 4. The predicted molar refractivity (Wildman–Crippen MR) is 121 cm³/mol. The number of hydrogen-bond acceptors (Lipinski definition) is 6. The van der Waals surface area contributed by atoms with Gasteiger partial charge in [-0.25, -0.2) is 13.2 Å². The fraction of sp³-hybridized carbons (Fsp3) is 0.0400. The fourth-order valence-corrected chi connectivity index (χ4v) is 5.50. The molecule has 0 radical (unpaired) electrons. The first-order valence-electron chi connectivity index (χ1n) is 9.98. The molecule has 3 aromatic carbocycles. The summed E-state index contributed by atoms with van der Waals surface area (Å²) in [5.41, 5.74) is 0.525. The third-order valence-electron chi connectivity index (χ3n) is 5.37. The lowest BCUT2D eigenvalue weighted by molar-refractivity contribution is 0.0598. The van der Waals surface area contributed by atoms with E-state index in [0.717, 1.165) is 11.7 Å². The van der Waals surface area contributed by atoms with Gasteiger partial charge in [0.05, 0.1) is 17.5 Å². The van der Waals surface area contributed by atoms with Gasteiger partial charge in [-0.3, -0.25) is 9.36 Å². The second kappa shape index (κ2) is 7.75. The minimum atomic E-state index is -4.30. The first kappa shape index (κ1) is 20.7. The molecular weight excluding hydrogens is 442 g/mol. The summed E-state index contributed by atoms with van der Waals surface area (Å²) in [4.78, 5) is 26.5. The highest BCUT2D eigenvalue weighted by Crippen LogP contribution is 2.35. The van der Waals surface area contributed by atoms with Crippen molar-refractivity contribution in [1.82, 2.24) is 4.57 Å². The Kier molecular flexibility index (Phi) is 4.87. The number of sulfone groups is 1. The van der Waals surface area contributed by atoms with Crippen LogP contribution in [0, 0.1) is 0 Å². The van der Waals surface area contributed by atoms with Crippen molar-refractivity contribution in [2.75, 3.05) is 7.11 Å². The van der Waals surface area contributed by atoms with Gasteiger partial charge in [-0.15, -0.1) is 0 Å². The maximum absolute atomic E-state index is 13.8. The fourth-order valence-electron chi connectivity index (χ4n) is 3.88. The maximum atomic E-state index is 13.8. The molecule has 5 aromatic rings. The van der Waals surface area contributed by atoms with Crippen LogP contribution in [-0.4, -0.2) is 32.0 Å². The monoisotopic (exact) mass is 459 g/mol. The SMILES string of the molecule is COC(=O)c1c(S(=O)(=O)c2ccccc2)n(C(=O)c2cc3ccccc3o2)c2ccccc12. The van der Waals surface area contributed by atoms with Gasteiger partial charge in [0.15, 0.2) is 10.8 Å². The Labute approximate surface area is 188 Å². The van der Waals surface area contributed by atoms with Crippen LogP contribution in [0.2, 0.25) is 0 Å². The Balaban J connectivity index is 1.87. The van der Waals surface area contributed by atoms with Crippen LogP contribution in [0.15, 0.2) is 99.3 Å². The van der Waals surface area contributed by atoms with Crippen molar-refractivity contribution in [3.8, 4) is 0 Å². The van der Waals surface area contributed by atoms with Crippen LogP contribution < -0.4 is 0 Å². The van der Waals surface area contributed by atoms with Gasteiger partial charge in [0, 0.05) is 10.8 Å². The first-order chi connectivity index (χ1) is 15.9. The zero-order valence-corrected chi connectivity index (χ0v) is 18.2. The van der Waals surface area contributed by atoms with E-state index >= 15 is 0 Å². The van der Waals surface area contributed by atoms with Crippen LogP contribution in [0.4, 0.5) is 0 Å². The number of fused-ring (bicyclic) bond motifs is 2. The van der Waals surface area contributed by atoms with Crippen LogP contribution in [0.5, 0.6) is 0 Å². The predicted octanol–water partition coefficient (Wildman–Crippen LogP) is 4.70. The van der Waals surface area contributed by atoms with Crippen LogP contribution in [0.1, 0.15) is 20.9 Å². The van der Waals surface area contributed by atoms with E-state index in [-0.39, 0.29) is 27.1 Å². The third kappa shape index (κ3) is 3.23. The van der Waals surface area contributed by atoms with Crippen molar-refractivity contribution < 1.29 is 27.2 Å². The van der Waals surface area contributed by atoms with Gasteiger partial charge in [-0.2, -0.15) is 0 Å². The summed E-state index contributed by atoms with van der Waals surface area (Å²) < 4.78 is 39.2. The normalized spacial score (nSPS) is 11.7. The number of aromatic nitrogens is 1. The molecule has 0 aliphatic carbocycles. The number of carbonyl (C=O) groups excluding carboxylic acids is 2. The molecule has 164 valence electrons. The van der Waals surface area contributed by atoms with Crippen molar-refractivity contribution in [1.29, 1.82) is 0 Å². The number of hydrogen-bond donors (Lipinski definition) is 0. The standard InChI is InChI=1S/C25H17NO6S/c1-31-25(28)22-18-12-6-7-13-19(18)26(24(22)33(29,30)17-10-3-2-4-11-17)23(27)21-15-16-9-5-8-14-20(16)32-21/h2-15H,1H3. The molecule has 0 amide bonds. The molecule has 2 heterocycles. The highest BCUT2D eigenvalue weighted by molar-refractivity contribution is 7.91. The summed E-state index contributed by atoms with van der Waals surface area (Å²) in [6.45, 7) is 0. The summed E-state index contributed by atoms with van der Waals surface area (Å²) in [5.74, 6) is -1.64. The van der Waals surface area contributed by atoms with E-state index in [4.69, 9.17) is 9.15 Å². The third-order valence-corrected chi connectivity index (χ3v) is 7.16. The van der Waals surface area contributed by atoms with Crippen molar-refractivity contribution in [2.24, 2.45) is 0 Å². The molecule has 0 atom stereocenters. The molecule has 2 aromatic heterocycles. The molecule has 5 rings (SSSR count). The lowest BCUT2D eigenvalue weighted by Crippen LogP contribution is -2.20. The average molecular weight is 459 g/mol. The summed E-state index contributed by atoms with van der Waals surface area (Å²) in [6.07, 6.45) is 0. The van der Waals surface area contributed by atoms with E-state index < -0.39 is 26.7 Å². The second-order valence-corrected chi connectivity index (χ2v) is 9.16. The van der Waals surface area contributed by atoms with Gasteiger partial charge in [0.25, 0.3) is 5.91 Å². The van der Waals surface area contributed by atoms with Crippen molar-refractivity contribution in [3.63, 3.8) is 0 Å². The number of benzene rings is 3. The smallest absolute Gasteiger partial charge is 0.341 e. The van der Waals surface area contributed by atoms with Gasteiger partial charge in [0.2, 0.25) is 9.84 Å². The molecular formula is C25H17NO6S. The molecule has 0 aliphatic heterocycles. The van der Waals surface area contributed by atoms with Gasteiger partial charge >= 0.3 is 5.97 Å². The molecule has 0 bridgehead atoms. The molecule has 0 saturated heterocycles. The Morgan fingerprint density at radius 2 is 1.55 bits per heavy atom. The second-order valence-electron chi connectivity index (χ2n) is 7.29. The lowest BCUT2D eigenvalue weighted by Gasteiger charge is -2.10. The van der Waals surface area contributed by atoms with Crippen LogP contribution in [-0.2, 0) is 14.6 Å². The van der Waals surface area contributed by atoms with Crippen molar-refractivity contribution in [3.05, 3.63) is 96.3 Å². The molecule has 0 fully saturated rings. The summed E-state index contributed by atoms with van der Waals surface area (Å²) >= 11 is 0. The summed E-state index contributed by atoms with van der Waals surface area (Å²) in [7, 11) is -3.14. The zero-order chi connectivity index (χ0) is 23.2. The Morgan fingerprint density at radius 3 is 2.27 bits per heavy atom. The summed E-state index contributed by atoms with van der Waals surface area (Å²) in [5, 5.41) is 0.508. The topological polar surface area (TPSA) is 95.6 Å². The lowest BCUT2D eigenvalue weighted by atomic mass is 10.2. The minimum absolute atomic E-state index is 0.0575. The van der Waals surface area contributed by atoms with Gasteiger partial charge in [-0.1, -0.05) is 54.6 Å². The number of furan rings is 1. The molecule has 0 saturated carbocycles. The summed E-state index contributed by atoms with van der Waals surface area (Å²) in [6, 6.07) is 22.7. The van der Waals surface area contributed by atoms with Crippen LogP contribution >= 0.6 is 0 Å². The number of carbonyl (C=O) groups is 2. The first-order valence-corrected chi connectivity index (χ1v) is 11.5. The molecule has 33 heavy (non-hydrogen) atoms. The molecule has 0 unspecified atom stereocenters. The average Bonchev–Trinajstić information content (AvgIpc) is 3.43. The quantitative estimate of drug-likeness (QED) is 0.362. The molecule has 0 aliphatic rings. The Morgan fingerprint density at radius 1 is 0.879 bits per heavy atom. The van der Waals surface area contributed by atoms with E-state index in [1.54, 1.807) is 72.8 Å². The van der Waals surface area contributed by atoms with Gasteiger partial charge in [-0.05, 0) is 30.3 Å². The zero-order valence-electron chi connectivity index (χ0n) is 17.4. The van der Waals surface area contributed by atoms with E-state index in [2.05, 4.69) is 0 Å². The number of esters is 1. The van der Waals surface area contributed by atoms with E-state index in [0.29, 0.717) is 11.0 Å². The number of nitrogens with zero attached hydrogens (tertiary/aromatic N) is 1. The van der Waals surface area contributed by atoms with Crippen LogP contribution in [0.3, 0.4) is 0 Å². The van der Waals surface area contributed by atoms with Crippen molar-refractivity contribution >= 4 is 43.6 Å². The van der Waals surface area contributed by atoms with Crippen LogP contribution in [0.25, 0.3) is 21.9 Å². The minimum Gasteiger partial charge on any atom is -0.465 e. The number of methoxy groups -OCH3 is 1. The largest absolute Gasteiger partial charge is 0.465 e. The maximum Gasteiger partial charge on any atom is 0.341 e. The van der Waals surface area contributed by atoms with E-state index in [9.17, 15) is 18.0 Å². The molecule has 7 nitrogen and oxygen atoms in total. The van der Waals surface area contributed by atoms with Gasteiger partial charge in [0.1, 0.15) is 11.1 Å². The van der Waals surface area contributed by atoms with E-state index in [1.807, 2.05) is 0 Å². The molecule has 8 heteroatoms. The molecule has 0 N–H and O–H groups in total. The van der Waals surface area contributed by atoms with E-state index in [1.165, 1.54) is 12.1 Å². The number of para-hydroxylation sites is 2. The highest BCUT2D eigenvalue weighted by atomic mass is 32.2. The van der Waals surface area contributed by atoms with Crippen molar-refractivity contribution in [2.45, 2.75) is 9.92 Å². The Bertz CT molecular complexity index is 1610. The van der Waals surface area contributed by atoms with Gasteiger partial charge < -0.3 is 9.15 Å². The Hall–Kier alpha value is -4.17. The molecule has 0 spiro atoms. The number of ether oxygens (including phenoxy) is 1. The highest BCUT2D eigenvalue weighted by Gasteiger charge is 2.36.